The van der Waals surface area contributed by atoms with Crippen molar-refractivity contribution in [3.63, 3.8) is 0 Å². The highest BCUT2D eigenvalue weighted by Gasteiger charge is 2.00. The van der Waals surface area contributed by atoms with Crippen LogP contribution in [0.4, 0.5) is 0 Å². The molecule has 6 heteroatoms. The average molecular weight is 328 g/mol. The molecular weight excluding hydrogens is 298 g/mol. The molecule has 0 N–H and O–H groups in total. The molecule has 0 unspecified atom stereocenters. The predicted octanol–water partition coefficient (Wildman–Crippen LogP) is -3.62. The summed E-state index contributed by atoms with van der Waals surface area (Å²) in [4.78, 5) is 0. The minimum atomic E-state index is 0. The van der Waals surface area contributed by atoms with E-state index in [-0.39, 0.29) is 9.41 Å². The van der Waals surface area contributed by atoms with Gasteiger partial charge < -0.3 is 9.41 Å². The van der Waals surface area contributed by atoms with Gasteiger partial charge in [-0.05, 0) is 25.7 Å². The highest BCUT2D eigenvalue weighted by molar-refractivity contribution is 4.66. The first kappa shape index (κ1) is 21.3. The number of rotatable bonds is 10. The number of nitrogens with zero attached hydrogens (tertiary/aromatic N) is 4. The summed E-state index contributed by atoms with van der Waals surface area (Å²) >= 11 is 0. The van der Waals surface area contributed by atoms with Crippen LogP contribution in [0.25, 0.3) is 0 Å². The first-order valence-electron chi connectivity index (χ1n) is 8.26. The Morgan fingerprint density at radius 1 is 0.609 bits per heavy atom. The van der Waals surface area contributed by atoms with Gasteiger partial charge in [-0.3, -0.25) is 0 Å². The van der Waals surface area contributed by atoms with Gasteiger partial charge >= 0.3 is 0 Å². The van der Waals surface area contributed by atoms with E-state index in [0.717, 1.165) is 13.1 Å². The van der Waals surface area contributed by atoms with E-state index in [4.69, 9.17) is 0 Å². The van der Waals surface area contributed by atoms with Crippen LogP contribution in [0.2, 0.25) is 0 Å². The molecule has 2 aromatic heterocycles. The quantitative estimate of drug-likeness (QED) is 0.317. The molecule has 0 bridgehead atoms. The zero-order chi connectivity index (χ0) is 14.9. The molecule has 0 saturated carbocycles. The van der Waals surface area contributed by atoms with E-state index in [1.165, 1.54) is 44.9 Å². The highest BCUT2D eigenvalue weighted by atomic mass is 19.0. The zero-order valence-electron chi connectivity index (χ0n) is 14.4. The molecule has 2 aromatic rings. The third-order valence-electron chi connectivity index (χ3n) is 3.98. The number of imidazole rings is 2. The molecule has 0 atom stereocenters. The Balaban J connectivity index is 0.00000242. The molecule has 0 radical (unpaired) electrons. The lowest BCUT2D eigenvalue weighted by Crippen LogP contribution is -3.00. The normalized spacial score (nSPS) is 10.2. The molecular formula is C17H30F2N4. The van der Waals surface area contributed by atoms with Crippen molar-refractivity contribution in [2.75, 3.05) is 0 Å². The van der Waals surface area contributed by atoms with Crippen LogP contribution in [0, 0.1) is 0 Å². The maximum Gasteiger partial charge on any atom is 0.243 e. The van der Waals surface area contributed by atoms with Gasteiger partial charge in [-0.15, -0.1) is 0 Å². The molecule has 132 valence electrons. The minimum absolute atomic E-state index is 0. The molecule has 0 aromatic carbocycles. The standard InChI is InChI=1S/C17H30N4.2FH/c1-18-12-14-20(16-18)10-8-6-4-3-5-7-9-11-21-15-13-19(2)17-21;;/h12-17H,3-11H2,1-2H3;2*1H/q+2;;/p-2. The van der Waals surface area contributed by atoms with Crippen molar-refractivity contribution in [2.24, 2.45) is 14.1 Å². The van der Waals surface area contributed by atoms with Crippen molar-refractivity contribution in [3.05, 3.63) is 37.4 Å². The van der Waals surface area contributed by atoms with Gasteiger partial charge in [0, 0.05) is 0 Å². The van der Waals surface area contributed by atoms with Crippen molar-refractivity contribution in [1.29, 1.82) is 0 Å². The third kappa shape index (κ3) is 8.47. The van der Waals surface area contributed by atoms with Crippen LogP contribution >= 0.6 is 0 Å². The molecule has 23 heavy (non-hydrogen) atoms. The van der Waals surface area contributed by atoms with E-state index in [2.05, 4.69) is 69.8 Å². The van der Waals surface area contributed by atoms with Crippen molar-refractivity contribution >= 4 is 0 Å². The van der Waals surface area contributed by atoms with E-state index in [1.54, 1.807) is 0 Å². The Bertz CT molecular complexity index is 476. The van der Waals surface area contributed by atoms with E-state index >= 15 is 0 Å². The van der Waals surface area contributed by atoms with Gasteiger partial charge in [-0.25, -0.2) is 18.3 Å². The first-order chi connectivity index (χ1) is 10.2. The fourth-order valence-electron chi connectivity index (χ4n) is 2.74. The number of aryl methyl sites for hydroxylation is 4. The minimum Gasteiger partial charge on any atom is -1.00 e. The third-order valence-corrected chi connectivity index (χ3v) is 3.98. The SMILES string of the molecule is C[n+]1ccn(CCCCCCCCCn2cc[n+](C)c2)c1.[F-].[F-]. The van der Waals surface area contributed by atoms with Crippen molar-refractivity contribution < 1.29 is 18.5 Å². The van der Waals surface area contributed by atoms with Crippen LogP contribution in [0.5, 0.6) is 0 Å². The first-order valence-corrected chi connectivity index (χ1v) is 8.26. The van der Waals surface area contributed by atoms with E-state index in [0.29, 0.717) is 0 Å². The fraction of sp³-hybridized carbons (Fsp3) is 0.647. The molecule has 0 spiro atoms. The van der Waals surface area contributed by atoms with Crippen molar-refractivity contribution in [2.45, 2.75) is 58.0 Å². The Morgan fingerprint density at radius 3 is 1.26 bits per heavy atom. The molecule has 2 heterocycles. The number of unbranched alkanes of at least 4 members (excludes halogenated alkanes) is 6. The number of hydrogen-bond acceptors (Lipinski definition) is 0. The Hall–Kier alpha value is -1.72. The molecule has 0 saturated heterocycles. The van der Waals surface area contributed by atoms with E-state index in [9.17, 15) is 0 Å². The average Bonchev–Trinajstić information content (AvgIpc) is 3.06. The van der Waals surface area contributed by atoms with Crippen molar-refractivity contribution in [3.8, 4) is 0 Å². The Morgan fingerprint density at radius 2 is 0.957 bits per heavy atom. The second-order valence-electron chi connectivity index (χ2n) is 6.11. The molecule has 0 aliphatic rings. The molecule has 2 rings (SSSR count). The van der Waals surface area contributed by atoms with Gasteiger partial charge in [0.25, 0.3) is 0 Å². The second-order valence-corrected chi connectivity index (χ2v) is 6.11. The van der Waals surface area contributed by atoms with Gasteiger partial charge in [-0.2, -0.15) is 0 Å². The van der Waals surface area contributed by atoms with Crippen LogP contribution in [-0.2, 0) is 27.2 Å². The number of halogens is 2. The van der Waals surface area contributed by atoms with Crippen molar-refractivity contribution in [1.82, 2.24) is 9.13 Å². The van der Waals surface area contributed by atoms with Crippen LogP contribution in [0.3, 0.4) is 0 Å². The van der Waals surface area contributed by atoms with Gasteiger partial charge in [0.2, 0.25) is 12.7 Å². The predicted molar refractivity (Wildman–Crippen MR) is 83.5 cm³/mol. The zero-order valence-corrected chi connectivity index (χ0v) is 14.4. The Labute approximate surface area is 138 Å². The summed E-state index contributed by atoms with van der Waals surface area (Å²) in [5.74, 6) is 0. The van der Waals surface area contributed by atoms with E-state index in [1.807, 2.05) is 0 Å². The number of aromatic nitrogens is 4. The van der Waals surface area contributed by atoms with Crippen LogP contribution in [0.15, 0.2) is 37.4 Å². The Kier molecular flexibility index (Phi) is 10.9. The summed E-state index contributed by atoms with van der Waals surface area (Å²) < 4.78 is 8.75. The summed E-state index contributed by atoms with van der Waals surface area (Å²) in [6.07, 6.45) is 22.3. The monoisotopic (exact) mass is 328 g/mol. The maximum atomic E-state index is 2.27. The van der Waals surface area contributed by atoms with Crippen LogP contribution in [0.1, 0.15) is 44.9 Å². The largest absolute Gasteiger partial charge is 1.00 e. The highest BCUT2D eigenvalue weighted by Crippen LogP contribution is 2.08. The lowest BCUT2D eigenvalue weighted by atomic mass is 10.1. The van der Waals surface area contributed by atoms with E-state index < -0.39 is 0 Å². The second kappa shape index (κ2) is 11.8. The fourth-order valence-corrected chi connectivity index (χ4v) is 2.74. The topological polar surface area (TPSA) is 17.6 Å². The lowest BCUT2D eigenvalue weighted by molar-refractivity contribution is -0.671. The summed E-state index contributed by atoms with van der Waals surface area (Å²) in [5, 5.41) is 0. The lowest BCUT2D eigenvalue weighted by Gasteiger charge is -2.01. The smallest absolute Gasteiger partial charge is 0.243 e. The summed E-state index contributed by atoms with van der Waals surface area (Å²) in [6.45, 7) is 2.32. The summed E-state index contributed by atoms with van der Waals surface area (Å²) in [6, 6.07) is 0. The maximum absolute atomic E-state index is 2.27. The number of hydrogen-bond donors (Lipinski definition) is 0. The molecule has 0 aliphatic heterocycles. The molecule has 0 amide bonds. The summed E-state index contributed by atoms with van der Waals surface area (Å²) in [7, 11) is 4.15. The van der Waals surface area contributed by atoms with Crippen LogP contribution < -0.4 is 18.5 Å². The summed E-state index contributed by atoms with van der Waals surface area (Å²) in [5.41, 5.74) is 0. The van der Waals surface area contributed by atoms with Crippen LogP contribution in [-0.4, -0.2) is 9.13 Å². The van der Waals surface area contributed by atoms with Gasteiger partial charge in [-0.1, -0.05) is 19.3 Å². The molecule has 0 aliphatic carbocycles. The van der Waals surface area contributed by atoms with Gasteiger partial charge in [0.1, 0.15) is 24.8 Å². The molecule has 4 nitrogen and oxygen atoms in total. The van der Waals surface area contributed by atoms with Gasteiger partial charge in [0.15, 0.2) is 0 Å². The molecule has 0 fully saturated rings. The van der Waals surface area contributed by atoms with Gasteiger partial charge in [0.05, 0.1) is 27.2 Å².